The third-order valence-corrected chi connectivity index (χ3v) is 5.18. The number of nitrogens with two attached hydrogens (primary N) is 1. The molecule has 0 saturated carbocycles. The number of hydrogen-bond donors (Lipinski definition) is 1. The van der Waals surface area contributed by atoms with Gasteiger partial charge in [-0.15, -0.1) is 24.0 Å². The molecule has 8 heteroatoms. The second-order valence-corrected chi connectivity index (χ2v) is 7.50. The van der Waals surface area contributed by atoms with E-state index in [1.165, 1.54) is 29.8 Å². The molecule has 2 fully saturated rings. The van der Waals surface area contributed by atoms with E-state index in [0.717, 1.165) is 19.5 Å². The van der Waals surface area contributed by atoms with Crippen molar-refractivity contribution in [2.45, 2.75) is 25.7 Å². The van der Waals surface area contributed by atoms with Crippen LogP contribution in [0.4, 0.5) is 0 Å². The average molecular weight is 416 g/mol. The summed E-state index contributed by atoms with van der Waals surface area (Å²) in [6, 6.07) is 0. The predicted octanol–water partition coefficient (Wildman–Crippen LogP) is 0.686. The highest BCUT2D eigenvalue weighted by Crippen LogP contribution is 2.19. The van der Waals surface area contributed by atoms with E-state index in [4.69, 9.17) is 5.73 Å². The Kier molecular flexibility index (Phi) is 6.99. The molecule has 2 heterocycles. The molecule has 2 saturated heterocycles. The van der Waals surface area contributed by atoms with Crippen molar-refractivity contribution in [2.24, 2.45) is 16.6 Å². The maximum Gasteiger partial charge on any atom is 0.211 e. The maximum absolute atomic E-state index is 11.4. The van der Waals surface area contributed by atoms with Crippen molar-refractivity contribution in [2.75, 3.05) is 39.0 Å². The number of aliphatic imine (C=N–C) groups is 1. The smallest absolute Gasteiger partial charge is 0.211 e. The van der Waals surface area contributed by atoms with E-state index in [0.29, 0.717) is 31.5 Å². The molecule has 0 bridgehead atoms. The van der Waals surface area contributed by atoms with Gasteiger partial charge in [0.25, 0.3) is 0 Å². The third-order valence-electron chi connectivity index (χ3n) is 3.91. The van der Waals surface area contributed by atoms with Crippen molar-refractivity contribution in [3.05, 3.63) is 0 Å². The van der Waals surface area contributed by atoms with Gasteiger partial charge in [0, 0.05) is 32.7 Å². The maximum atomic E-state index is 11.4. The van der Waals surface area contributed by atoms with E-state index in [-0.39, 0.29) is 24.0 Å². The lowest BCUT2D eigenvalue weighted by molar-refractivity contribution is 0.337. The number of halogens is 1. The molecule has 2 aliphatic rings. The van der Waals surface area contributed by atoms with E-state index >= 15 is 0 Å². The normalized spacial score (nSPS) is 25.6. The van der Waals surface area contributed by atoms with Crippen LogP contribution in [0.15, 0.2) is 4.99 Å². The number of nitrogens with zero attached hydrogens (tertiary/aromatic N) is 3. The quantitative estimate of drug-likeness (QED) is 0.417. The van der Waals surface area contributed by atoms with Crippen LogP contribution in [0.5, 0.6) is 0 Å². The fourth-order valence-electron chi connectivity index (χ4n) is 2.69. The minimum absolute atomic E-state index is 0. The predicted molar refractivity (Wildman–Crippen MR) is 91.9 cm³/mol. The van der Waals surface area contributed by atoms with Gasteiger partial charge in [0.1, 0.15) is 0 Å². The summed E-state index contributed by atoms with van der Waals surface area (Å²) in [7, 11) is -3.05. The Morgan fingerprint density at radius 2 is 1.90 bits per heavy atom. The zero-order valence-electron chi connectivity index (χ0n) is 12.0. The van der Waals surface area contributed by atoms with Crippen LogP contribution < -0.4 is 5.73 Å². The molecule has 2 aliphatic heterocycles. The second-order valence-electron chi connectivity index (χ2n) is 5.52. The van der Waals surface area contributed by atoms with Gasteiger partial charge in [0.05, 0.1) is 6.26 Å². The highest BCUT2D eigenvalue weighted by molar-refractivity contribution is 14.0. The summed E-state index contributed by atoms with van der Waals surface area (Å²) in [6.07, 6.45) is 5.78. The summed E-state index contributed by atoms with van der Waals surface area (Å²) < 4.78 is 24.4. The van der Waals surface area contributed by atoms with E-state index in [9.17, 15) is 8.42 Å². The molecule has 0 amide bonds. The zero-order chi connectivity index (χ0) is 13.9. The number of sulfonamides is 1. The number of guanidine groups is 1. The molecular formula is C12H25IN4O2S. The Bertz CT molecular complexity index is 435. The van der Waals surface area contributed by atoms with Crippen LogP contribution in [0.2, 0.25) is 0 Å². The minimum atomic E-state index is -3.05. The molecule has 0 radical (unpaired) electrons. The first-order valence-corrected chi connectivity index (χ1v) is 8.81. The van der Waals surface area contributed by atoms with E-state index < -0.39 is 10.0 Å². The van der Waals surface area contributed by atoms with Crippen molar-refractivity contribution in [1.29, 1.82) is 0 Å². The highest BCUT2D eigenvalue weighted by atomic mass is 127. The Morgan fingerprint density at radius 3 is 2.45 bits per heavy atom. The molecule has 118 valence electrons. The number of likely N-dealkylation sites (tertiary alicyclic amines) is 1. The van der Waals surface area contributed by atoms with Crippen LogP contribution >= 0.6 is 24.0 Å². The molecule has 2 rings (SSSR count). The van der Waals surface area contributed by atoms with E-state index in [1.54, 1.807) is 0 Å². The summed E-state index contributed by atoms with van der Waals surface area (Å²) in [6.45, 7) is 3.82. The Morgan fingerprint density at radius 1 is 1.25 bits per heavy atom. The van der Waals surface area contributed by atoms with Gasteiger partial charge < -0.3 is 10.6 Å². The third kappa shape index (κ3) is 5.03. The van der Waals surface area contributed by atoms with Crippen LogP contribution in [0.3, 0.4) is 0 Å². The Balaban J connectivity index is 0.00000200. The van der Waals surface area contributed by atoms with Crippen molar-refractivity contribution in [1.82, 2.24) is 9.21 Å². The fourth-order valence-corrected chi connectivity index (χ4v) is 3.61. The molecule has 0 aromatic rings. The molecule has 2 N–H and O–H groups in total. The van der Waals surface area contributed by atoms with Gasteiger partial charge in [-0.25, -0.2) is 12.7 Å². The Labute approximate surface area is 138 Å². The first kappa shape index (κ1) is 18.0. The fraction of sp³-hybridized carbons (Fsp3) is 0.917. The summed E-state index contributed by atoms with van der Waals surface area (Å²) in [5.74, 6) is 0.926. The number of rotatable bonds is 3. The summed E-state index contributed by atoms with van der Waals surface area (Å²) in [5, 5.41) is 0. The molecule has 0 aliphatic carbocycles. The van der Waals surface area contributed by atoms with Crippen molar-refractivity contribution >= 4 is 40.0 Å². The SMILES string of the molecule is CS(=O)(=O)N1CCC(CN=C(N)N2CCCCC2)C1.I. The topological polar surface area (TPSA) is 79.0 Å². The van der Waals surface area contributed by atoms with Crippen LogP contribution in [0.1, 0.15) is 25.7 Å². The first-order chi connectivity index (χ1) is 8.97. The zero-order valence-corrected chi connectivity index (χ0v) is 15.1. The molecule has 0 aromatic carbocycles. The van der Waals surface area contributed by atoms with Crippen LogP contribution in [-0.2, 0) is 10.0 Å². The standard InChI is InChI=1S/C12H24N4O2S.HI/c1-19(17,18)16-8-5-11(10-16)9-14-12(13)15-6-3-2-4-7-15;/h11H,2-10H2,1H3,(H2,13,14);1H. The molecule has 0 spiro atoms. The van der Waals surface area contributed by atoms with Gasteiger partial charge in [-0.05, 0) is 31.6 Å². The van der Waals surface area contributed by atoms with Gasteiger partial charge >= 0.3 is 0 Å². The van der Waals surface area contributed by atoms with Gasteiger partial charge in [0.2, 0.25) is 10.0 Å². The highest BCUT2D eigenvalue weighted by Gasteiger charge is 2.28. The Hall–Kier alpha value is -0.0900. The molecule has 1 unspecified atom stereocenters. The lowest BCUT2D eigenvalue weighted by Gasteiger charge is -2.27. The monoisotopic (exact) mass is 416 g/mol. The number of hydrogen-bond acceptors (Lipinski definition) is 3. The largest absolute Gasteiger partial charge is 0.370 e. The molecule has 1 atom stereocenters. The molecule has 0 aromatic heterocycles. The van der Waals surface area contributed by atoms with Crippen molar-refractivity contribution in [3.8, 4) is 0 Å². The van der Waals surface area contributed by atoms with Crippen LogP contribution in [0, 0.1) is 5.92 Å². The van der Waals surface area contributed by atoms with E-state index in [1.807, 2.05) is 0 Å². The first-order valence-electron chi connectivity index (χ1n) is 6.97. The van der Waals surface area contributed by atoms with Gasteiger partial charge in [-0.3, -0.25) is 4.99 Å². The summed E-state index contributed by atoms with van der Waals surface area (Å²) >= 11 is 0. The van der Waals surface area contributed by atoms with Crippen LogP contribution in [0.25, 0.3) is 0 Å². The van der Waals surface area contributed by atoms with Crippen LogP contribution in [-0.4, -0.2) is 62.6 Å². The molecule has 20 heavy (non-hydrogen) atoms. The lowest BCUT2D eigenvalue weighted by atomic mass is 10.1. The van der Waals surface area contributed by atoms with E-state index in [2.05, 4.69) is 9.89 Å². The summed E-state index contributed by atoms with van der Waals surface area (Å²) in [5.41, 5.74) is 5.99. The molecular weight excluding hydrogens is 391 g/mol. The second kappa shape index (κ2) is 7.79. The van der Waals surface area contributed by atoms with Crippen molar-refractivity contribution in [3.63, 3.8) is 0 Å². The van der Waals surface area contributed by atoms with Gasteiger partial charge in [0.15, 0.2) is 5.96 Å². The van der Waals surface area contributed by atoms with Gasteiger partial charge in [-0.1, -0.05) is 0 Å². The minimum Gasteiger partial charge on any atom is -0.370 e. The number of piperidine rings is 1. The van der Waals surface area contributed by atoms with Crippen molar-refractivity contribution < 1.29 is 8.42 Å². The molecule has 6 nitrogen and oxygen atoms in total. The average Bonchev–Trinajstić information content (AvgIpc) is 2.86. The lowest BCUT2D eigenvalue weighted by Crippen LogP contribution is -2.41. The summed E-state index contributed by atoms with van der Waals surface area (Å²) in [4.78, 5) is 6.58. The van der Waals surface area contributed by atoms with Gasteiger partial charge in [-0.2, -0.15) is 0 Å².